The summed E-state index contributed by atoms with van der Waals surface area (Å²) in [5, 5.41) is 15.3. The Hall–Kier alpha value is -2.89. The van der Waals surface area contributed by atoms with Gasteiger partial charge in [0.25, 0.3) is 0 Å². The van der Waals surface area contributed by atoms with Gasteiger partial charge >= 0.3 is 0 Å². The molecule has 0 radical (unpaired) electrons. The minimum atomic E-state index is -0.661. The maximum atomic E-state index is 13.5. The molecule has 2 aromatic rings. The Bertz CT molecular complexity index is 964. The lowest BCUT2D eigenvalue weighted by molar-refractivity contribution is -0.135. The van der Waals surface area contributed by atoms with Crippen LogP contribution in [0.5, 0.6) is 0 Å². The molecular formula is C28H39N3O6S. The minimum Gasteiger partial charge on any atom is -0.382 e. The summed E-state index contributed by atoms with van der Waals surface area (Å²) in [5.41, 5.74) is 3.72. The summed E-state index contributed by atoms with van der Waals surface area (Å²) < 4.78 is 15.6. The summed E-state index contributed by atoms with van der Waals surface area (Å²) >= 11 is 5.64. The van der Waals surface area contributed by atoms with Crippen LogP contribution in [0.4, 0.5) is 0 Å². The van der Waals surface area contributed by atoms with Crippen LogP contribution < -0.4 is 16.1 Å². The molecule has 10 heteroatoms. The molecule has 0 aliphatic carbocycles. The van der Waals surface area contributed by atoms with Gasteiger partial charge in [-0.15, -0.1) is 0 Å². The molecule has 3 atom stereocenters. The summed E-state index contributed by atoms with van der Waals surface area (Å²) in [6.07, 6.45) is 0.764. The van der Waals surface area contributed by atoms with Crippen LogP contribution in [0.15, 0.2) is 60.7 Å². The number of carbonyl (C=O) groups is 2. The molecule has 0 spiro atoms. The quantitative estimate of drug-likeness (QED) is 0.0743. The third kappa shape index (κ3) is 12.1. The first-order valence-corrected chi connectivity index (χ1v) is 13.1. The van der Waals surface area contributed by atoms with Gasteiger partial charge in [-0.3, -0.25) is 14.8 Å². The lowest BCUT2D eigenvalue weighted by atomic mass is 9.87. The van der Waals surface area contributed by atoms with Gasteiger partial charge in [0.2, 0.25) is 11.8 Å². The maximum absolute atomic E-state index is 13.5. The van der Waals surface area contributed by atoms with Gasteiger partial charge in [-0.2, -0.15) is 0 Å². The summed E-state index contributed by atoms with van der Waals surface area (Å²) in [5.74, 6) is -1.55. The SMILES string of the molecule is COCCOCOCCNC(=S)[C@H](Cc1ccccc1)NC(=O)[C@@H](CC(=O)NO)CC(C)c1ccccc1. The van der Waals surface area contributed by atoms with Crippen LogP contribution >= 0.6 is 12.2 Å². The van der Waals surface area contributed by atoms with Gasteiger partial charge in [0.05, 0.1) is 30.9 Å². The van der Waals surface area contributed by atoms with E-state index >= 15 is 0 Å². The summed E-state index contributed by atoms with van der Waals surface area (Å²) in [6, 6.07) is 19.0. The van der Waals surface area contributed by atoms with E-state index in [0.717, 1.165) is 11.1 Å². The second-order valence-corrected chi connectivity index (χ2v) is 9.39. The van der Waals surface area contributed by atoms with Crippen molar-refractivity contribution in [2.45, 2.75) is 38.1 Å². The fraction of sp³-hybridized carbons (Fsp3) is 0.464. The number of thiocarbonyl (C=S) groups is 1. The number of carbonyl (C=O) groups excluding carboxylic acids is 2. The van der Waals surface area contributed by atoms with E-state index in [-0.39, 0.29) is 25.0 Å². The topological polar surface area (TPSA) is 118 Å². The highest BCUT2D eigenvalue weighted by atomic mass is 32.1. The summed E-state index contributed by atoms with van der Waals surface area (Å²) in [7, 11) is 1.60. The fourth-order valence-corrected chi connectivity index (χ4v) is 4.18. The van der Waals surface area contributed by atoms with Gasteiger partial charge in [-0.05, 0) is 29.9 Å². The number of benzene rings is 2. The lowest BCUT2D eigenvalue weighted by Gasteiger charge is -2.25. The molecule has 2 rings (SSSR count). The normalized spacial score (nSPS) is 13.2. The summed E-state index contributed by atoms with van der Waals surface area (Å²) in [4.78, 5) is 26.0. The van der Waals surface area contributed by atoms with E-state index in [2.05, 4.69) is 10.6 Å². The van der Waals surface area contributed by atoms with Crippen LogP contribution in [0.2, 0.25) is 0 Å². The molecule has 2 amide bonds. The third-order valence-electron chi connectivity index (χ3n) is 5.99. The zero-order chi connectivity index (χ0) is 27.6. The van der Waals surface area contributed by atoms with Crippen molar-refractivity contribution in [1.82, 2.24) is 16.1 Å². The van der Waals surface area contributed by atoms with Crippen molar-refractivity contribution >= 4 is 29.0 Å². The minimum absolute atomic E-state index is 0.0272. The van der Waals surface area contributed by atoms with Crippen LogP contribution in [0.3, 0.4) is 0 Å². The van der Waals surface area contributed by atoms with E-state index in [9.17, 15) is 9.59 Å². The average molecular weight is 546 g/mol. The van der Waals surface area contributed by atoms with Crippen LogP contribution in [0, 0.1) is 5.92 Å². The standard InChI is InChI=1S/C28H39N3O6S/c1-21(23-11-7-4-8-12-23)17-24(19-26(32)31-34)27(33)30-25(18-22-9-5-3-6-10-22)28(38)29-13-14-36-20-37-16-15-35-2/h3-12,21,24-25,34H,13-20H2,1-2H3,(H,29,38)(H,30,33)(H,31,32)/t21?,24-,25+/m1/s1. The maximum Gasteiger partial charge on any atom is 0.244 e. The molecule has 9 nitrogen and oxygen atoms in total. The van der Waals surface area contributed by atoms with Crippen LogP contribution in [-0.4, -0.2) is 68.3 Å². The smallest absolute Gasteiger partial charge is 0.244 e. The molecule has 4 N–H and O–H groups in total. The fourth-order valence-electron chi connectivity index (χ4n) is 3.93. The Labute approximate surface area is 230 Å². The largest absolute Gasteiger partial charge is 0.382 e. The lowest BCUT2D eigenvalue weighted by Crippen LogP contribution is -2.50. The van der Waals surface area contributed by atoms with Gasteiger partial charge < -0.3 is 24.8 Å². The molecule has 1 unspecified atom stereocenters. The molecule has 0 saturated heterocycles. The second kappa shape index (κ2) is 18.4. The van der Waals surface area contributed by atoms with Gasteiger partial charge in [0.1, 0.15) is 6.79 Å². The first-order valence-electron chi connectivity index (χ1n) is 12.7. The Morgan fingerprint density at radius 3 is 2.29 bits per heavy atom. The zero-order valence-electron chi connectivity index (χ0n) is 22.1. The van der Waals surface area contributed by atoms with E-state index < -0.39 is 17.9 Å². The Balaban J connectivity index is 2.04. The van der Waals surface area contributed by atoms with Crippen molar-refractivity contribution in [3.05, 3.63) is 71.8 Å². The number of rotatable bonds is 18. The second-order valence-electron chi connectivity index (χ2n) is 8.95. The molecule has 0 bridgehead atoms. The Morgan fingerprint density at radius 1 is 0.974 bits per heavy atom. The predicted octanol–water partition coefficient (Wildman–Crippen LogP) is 2.97. The Morgan fingerprint density at radius 2 is 1.63 bits per heavy atom. The first-order chi connectivity index (χ1) is 18.4. The first kappa shape index (κ1) is 31.3. The number of methoxy groups -OCH3 is 1. The summed E-state index contributed by atoms with van der Waals surface area (Å²) in [6.45, 7) is 3.92. The van der Waals surface area contributed by atoms with Crippen molar-refractivity contribution < 1.29 is 29.0 Å². The molecule has 38 heavy (non-hydrogen) atoms. The third-order valence-corrected chi connectivity index (χ3v) is 6.42. The number of ether oxygens (including phenoxy) is 3. The number of hydrogen-bond acceptors (Lipinski definition) is 7. The zero-order valence-corrected chi connectivity index (χ0v) is 22.9. The van der Waals surface area contributed by atoms with Gasteiger partial charge in [-0.25, -0.2) is 5.48 Å². The van der Waals surface area contributed by atoms with E-state index in [1.807, 2.05) is 67.6 Å². The van der Waals surface area contributed by atoms with Crippen LogP contribution in [0.25, 0.3) is 0 Å². The molecule has 0 saturated carbocycles. The van der Waals surface area contributed by atoms with E-state index in [0.29, 0.717) is 44.2 Å². The molecule has 0 aliphatic heterocycles. The van der Waals surface area contributed by atoms with Crippen molar-refractivity contribution in [2.24, 2.45) is 5.92 Å². The number of amides is 2. The van der Waals surface area contributed by atoms with Gasteiger partial charge in [0, 0.05) is 26.0 Å². The molecule has 208 valence electrons. The molecule has 0 aliphatic rings. The molecule has 0 heterocycles. The number of nitrogens with one attached hydrogen (secondary N) is 3. The Kier molecular flexibility index (Phi) is 15.1. The molecule has 2 aromatic carbocycles. The number of hydroxylamine groups is 1. The van der Waals surface area contributed by atoms with Crippen molar-refractivity contribution in [3.63, 3.8) is 0 Å². The molecule has 0 aromatic heterocycles. The number of hydrogen-bond donors (Lipinski definition) is 4. The van der Waals surface area contributed by atoms with Gasteiger partial charge in [-0.1, -0.05) is 79.8 Å². The van der Waals surface area contributed by atoms with E-state index in [1.54, 1.807) is 12.6 Å². The highest BCUT2D eigenvalue weighted by Crippen LogP contribution is 2.25. The highest BCUT2D eigenvalue weighted by Gasteiger charge is 2.28. The van der Waals surface area contributed by atoms with Crippen LogP contribution in [0.1, 0.15) is 36.8 Å². The monoisotopic (exact) mass is 545 g/mol. The van der Waals surface area contributed by atoms with E-state index in [1.165, 1.54) is 0 Å². The van der Waals surface area contributed by atoms with Gasteiger partial charge in [0.15, 0.2) is 0 Å². The average Bonchev–Trinajstić information content (AvgIpc) is 2.94. The van der Waals surface area contributed by atoms with Crippen molar-refractivity contribution in [3.8, 4) is 0 Å². The molecule has 0 fully saturated rings. The van der Waals surface area contributed by atoms with E-state index in [4.69, 9.17) is 31.6 Å². The molecular weight excluding hydrogens is 506 g/mol. The van der Waals surface area contributed by atoms with Crippen molar-refractivity contribution in [2.75, 3.05) is 40.3 Å². The van der Waals surface area contributed by atoms with Crippen LogP contribution in [-0.2, 0) is 30.2 Å². The highest BCUT2D eigenvalue weighted by molar-refractivity contribution is 7.80. The van der Waals surface area contributed by atoms with Crippen molar-refractivity contribution in [1.29, 1.82) is 0 Å². The predicted molar refractivity (Wildman–Crippen MR) is 149 cm³/mol.